The van der Waals surface area contributed by atoms with Crippen LogP contribution in [0.25, 0.3) is 6.08 Å². The summed E-state index contributed by atoms with van der Waals surface area (Å²) >= 11 is 0. The Hall–Kier alpha value is -2.55. The smallest absolute Gasteiger partial charge is 0.414 e. The van der Waals surface area contributed by atoms with E-state index in [1.165, 1.54) is 0 Å². The van der Waals surface area contributed by atoms with Gasteiger partial charge in [-0.2, -0.15) is 0 Å². The monoisotopic (exact) mass is 279 g/mol. The van der Waals surface area contributed by atoms with Crippen LogP contribution in [0, 0.1) is 6.92 Å². The molecule has 1 aliphatic heterocycles. The van der Waals surface area contributed by atoms with Gasteiger partial charge in [0.25, 0.3) is 0 Å². The van der Waals surface area contributed by atoms with Gasteiger partial charge in [0.2, 0.25) is 0 Å². The molecule has 0 radical (unpaired) electrons. The Balaban J connectivity index is 1.64. The van der Waals surface area contributed by atoms with Gasteiger partial charge in [-0.25, -0.2) is 4.79 Å². The van der Waals surface area contributed by atoms with Gasteiger partial charge in [-0.1, -0.05) is 48.5 Å². The third-order valence-corrected chi connectivity index (χ3v) is 3.68. The van der Waals surface area contributed by atoms with Crippen LogP contribution in [-0.2, 0) is 17.9 Å². The lowest BCUT2D eigenvalue weighted by molar-refractivity contribution is 0.108. The second-order valence-electron chi connectivity index (χ2n) is 5.12. The summed E-state index contributed by atoms with van der Waals surface area (Å²) in [4.78, 5) is 13.7. The number of fused-ring (bicyclic) bond motifs is 1. The number of ether oxygens (including phenoxy) is 1. The van der Waals surface area contributed by atoms with Crippen LogP contribution in [0.5, 0.6) is 0 Å². The highest BCUT2D eigenvalue weighted by Gasteiger charge is 2.17. The Morgan fingerprint density at radius 1 is 1.14 bits per heavy atom. The number of amides is 1. The topological polar surface area (TPSA) is 29.5 Å². The molecule has 1 amide bonds. The molecule has 0 N–H and O–H groups in total. The average Bonchev–Trinajstić information content (AvgIpc) is 2.53. The summed E-state index contributed by atoms with van der Waals surface area (Å²) in [7, 11) is 0. The van der Waals surface area contributed by atoms with Crippen molar-refractivity contribution in [2.45, 2.75) is 20.1 Å². The highest BCUT2D eigenvalue weighted by Crippen LogP contribution is 2.20. The van der Waals surface area contributed by atoms with Gasteiger partial charge in [-0.05, 0) is 35.3 Å². The van der Waals surface area contributed by atoms with Gasteiger partial charge < -0.3 is 4.74 Å². The zero-order valence-electron chi connectivity index (χ0n) is 12.0. The molecule has 21 heavy (non-hydrogen) atoms. The average molecular weight is 279 g/mol. The lowest BCUT2D eigenvalue weighted by Gasteiger charge is -2.23. The molecule has 0 aliphatic carbocycles. The van der Waals surface area contributed by atoms with E-state index in [4.69, 9.17) is 4.74 Å². The van der Waals surface area contributed by atoms with Crippen LogP contribution in [-0.4, -0.2) is 11.0 Å². The van der Waals surface area contributed by atoms with Gasteiger partial charge in [0.1, 0.15) is 6.61 Å². The van der Waals surface area contributed by atoms with Gasteiger partial charge >= 0.3 is 6.09 Å². The van der Waals surface area contributed by atoms with Crippen LogP contribution in [0.3, 0.4) is 0 Å². The first-order valence-corrected chi connectivity index (χ1v) is 6.98. The molecular weight excluding hydrogens is 262 g/mol. The van der Waals surface area contributed by atoms with Crippen LogP contribution >= 0.6 is 0 Å². The van der Waals surface area contributed by atoms with Gasteiger partial charge in [-0.3, -0.25) is 4.90 Å². The molecule has 3 nitrogen and oxygen atoms in total. The van der Waals surface area contributed by atoms with E-state index in [1.54, 1.807) is 11.1 Å². The van der Waals surface area contributed by atoms with Crippen molar-refractivity contribution >= 4 is 12.2 Å². The van der Waals surface area contributed by atoms with E-state index in [2.05, 4.69) is 0 Å². The fourth-order valence-corrected chi connectivity index (χ4v) is 2.37. The van der Waals surface area contributed by atoms with Gasteiger partial charge in [0, 0.05) is 6.20 Å². The van der Waals surface area contributed by atoms with E-state index >= 15 is 0 Å². The first kappa shape index (κ1) is 13.4. The first-order chi connectivity index (χ1) is 10.2. The molecule has 0 saturated heterocycles. The van der Waals surface area contributed by atoms with Crippen molar-refractivity contribution in [1.29, 1.82) is 0 Å². The number of rotatable bonds is 2. The predicted octanol–water partition coefficient (Wildman–Crippen LogP) is 4.12. The van der Waals surface area contributed by atoms with Crippen molar-refractivity contribution < 1.29 is 9.53 Å². The van der Waals surface area contributed by atoms with Gasteiger partial charge in [0.05, 0.1) is 6.54 Å². The summed E-state index contributed by atoms with van der Waals surface area (Å²) in [5, 5.41) is 0. The maximum Gasteiger partial charge on any atom is 0.414 e. The van der Waals surface area contributed by atoms with E-state index in [0.29, 0.717) is 13.2 Å². The molecule has 0 aromatic heterocycles. The van der Waals surface area contributed by atoms with Crippen molar-refractivity contribution in [2.75, 3.05) is 0 Å². The molecule has 106 valence electrons. The van der Waals surface area contributed by atoms with E-state index in [9.17, 15) is 4.79 Å². The Bertz CT molecular complexity index is 691. The second-order valence-corrected chi connectivity index (χ2v) is 5.12. The largest absolute Gasteiger partial charge is 0.444 e. The van der Waals surface area contributed by atoms with Crippen LogP contribution in [0.2, 0.25) is 0 Å². The lowest BCUT2D eigenvalue weighted by Crippen LogP contribution is -2.28. The number of hydrogen-bond donors (Lipinski definition) is 0. The zero-order valence-corrected chi connectivity index (χ0v) is 12.0. The maximum absolute atomic E-state index is 12.1. The van der Waals surface area contributed by atoms with E-state index in [0.717, 1.165) is 22.3 Å². The Labute approximate surface area is 124 Å². The number of hydrogen-bond acceptors (Lipinski definition) is 2. The normalized spacial score (nSPS) is 12.9. The minimum absolute atomic E-state index is 0.303. The van der Waals surface area contributed by atoms with E-state index < -0.39 is 0 Å². The summed E-state index contributed by atoms with van der Waals surface area (Å²) < 4.78 is 5.40. The molecule has 3 rings (SSSR count). The fourth-order valence-electron chi connectivity index (χ4n) is 2.37. The minimum Gasteiger partial charge on any atom is -0.444 e. The maximum atomic E-state index is 12.1. The fraction of sp³-hybridized carbons (Fsp3) is 0.167. The number of aryl methyl sites for hydroxylation is 1. The van der Waals surface area contributed by atoms with Gasteiger partial charge in [0.15, 0.2) is 0 Å². The molecule has 0 fully saturated rings. The molecule has 1 heterocycles. The van der Waals surface area contributed by atoms with E-state index in [-0.39, 0.29) is 6.09 Å². The Kier molecular flexibility index (Phi) is 3.73. The summed E-state index contributed by atoms with van der Waals surface area (Å²) in [6, 6.07) is 16.0. The van der Waals surface area contributed by atoms with Crippen molar-refractivity contribution in [2.24, 2.45) is 0 Å². The highest BCUT2D eigenvalue weighted by molar-refractivity contribution is 5.72. The molecule has 0 spiro atoms. The van der Waals surface area contributed by atoms with Crippen LogP contribution in [0.4, 0.5) is 4.79 Å². The second kappa shape index (κ2) is 5.83. The predicted molar refractivity (Wildman–Crippen MR) is 82.4 cm³/mol. The van der Waals surface area contributed by atoms with Crippen LogP contribution in [0.15, 0.2) is 54.7 Å². The standard InChI is InChI=1S/C18H17NO2/c1-14-6-2-3-9-17(14)13-21-18(20)19-11-10-15-7-4-5-8-16(15)12-19/h2-11H,12-13H2,1H3. The number of carbonyl (C=O) groups is 1. The third kappa shape index (κ3) is 2.97. The Morgan fingerprint density at radius 2 is 1.90 bits per heavy atom. The lowest BCUT2D eigenvalue weighted by atomic mass is 10.1. The minimum atomic E-state index is -0.316. The molecular formula is C18H17NO2. The third-order valence-electron chi connectivity index (χ3n) is 3.68. The Morgan fingerprint density at radius 3 is 2.76 bits per heavy atom. The van der Waals surface area contributed by atoms with E-state index in [1.807, 2.05) is 61.5 Å². The highest BCUT2D eigenvalue weighted by atomic mass is 16.6. The molecule has 0 unspecified atom stereocenters. The summed E-state index contributed by atoms with van der Waals surface area (Å²) in [5.41, 5.74) is 4.45. The van der Waals surface area contributed by atoms with Crippen LogP contribution in [0.1, 0.15) is 22.3 Å². The van der Waals surface area contributed by atoms with Gasteiger partial charge in [-0.15, -0.1) is 0 Å². The molecule has 0 saturated carbocycles. The molecule has 0 atom stereocenters. The molecule has 3 heteroatoms. The molecule has 2 aromatic carbocycles. The summed E-state index contributed by atoms with van der Waals surface area (Å²) in [5.74, 6) is 0. The number of nitrogens with zero attached hydrogens (tertiary/aromatic N) is 1. The SMILES string of the molecule is Cc1ccccc1COC(=O)N1C=Cc2ccccc2C1. The molecule has 1 aliphatic rings. The molecule has 2 aromatic rings. The molecule has 0 bridgehead atoms. The van der Waals surface area contributed by atoms with Crippen LogP contribution < -0.4 is 0 Å². The quantitative estimate of drug-likeness (QED) is 0.827. The first-order valence-electron chi connectivity index (χ1n) is 6.98. The number of carbonyl (C=O) groups excluding carboxylic acids is 1. The number of benzene rings is 2. The summed E-state index contributed by atoms with van der Waals surface area (Å²) in [6.45, 7) is 2.87. The van der Waals surface area contributed by atoms with Crippen molar-refractivity contribution in [1.82, 2.24) is 4.90 Å². The van der Waals surface area contributed by atoms with Crippen molar-refractivity contribution in [3.8, 4) is 0 Å². The van der Waals surface area contributed by atoms with Crippen molar-refractivity contribution in [3.63, 3.8) is 0 Å². The van der Waals surface area contributed by atoms with Crippen molar-refractivity contribution in [3.05, 3.63) is 77.0 Å². The summed E-state index contributed by atoms with van der Waals surface area (Å²) in [6.07, 6.45) is 3.40. The zero-order chi connectivity index (χ0) is 14.7.